The minimum atomic E-state index is -0.541. The summed E-state index contributed by atoms with van der Waals surface area (Å²) >= 11 is 5.84. The quantitative estimate of drug-likeness (QED) is 0.784. The molecule has 1 unspecified atom stereocenters. The zero-order chi connectivity index (χ0) is 17.1. The van der Waals surface area contributed by atoms with E-state index >= 15 is 0 Å². The number of likely N-dealkylation sites (N-methyl/N-ethyl adjacent to an activating group) is 1. The fraction of sp³-hybridized carbons (Fsp3) is 0.263. The van der Waals surface area contributed by atoms with E-state index in [0.29, 0.717) is 16.1 Å². The van der Waals surface area contributed by atoms with Crippen molar-refractivity contribution >= 4 is 23.3 Å². The number of carbonyl (C=O) groups is 2. The first-order valence-corrected chi connectivity index (χ1v) is 7.83. The van der Waals surface area contributed by atoms with Crippen LogP contribution in [0.2, 0.25) is 5.02 Å². The van der Waals surface area contributed by atoms with Crippen LogP contribution in [0.15, 0.2) is 42.5 Å². The predicted molar refractivity (Wildman–Crippen MR) is 93.3 cm³/mol. The van der Waals surface area contributed by atoms with Crippen molar-refractivity contribution < 1.29 is 9.59 Å². The van der Waals surface area contributed by atoms with Crippen molar-refractivity contribution in [1.82, 2.24) is 4.90 Å². The van der Waals surface area contributed by atoms with Gasteiger partial charge in [-0.3, -0.25) is 9.59 Å². The van der Waals surface area contributed by atoms with Gasteiger partial charge < -0.3 is 4.90 Å². The third kappa shape index (κ3) is 3.80. The van der Waals surface area contributed by atoms with Crippen LogP contribution in [0.4, 0.5) is 0 Å². The molecular weight excluding hydrogens is 310 g/mol. The largest absolute Gasteiger partial charge is 0.332 e. The second-order valence-electron chi connectivity index (χ2n) is 5.76. The fourth-order valence-electron chi connectivity index (χ4n) is 2.28. The van der Waals surface area contributed by atoms with Crippen LogP contribution in [0.3, 0.4) is 0 Å². The van der Waals surface area contributed by atoms with Crippen LogP contribution in [-0.4, -0.2) is 29.7 Å². The molecule has 0 bridgehead atoms. The van der Waals surface area contributed by atoms with Crippen LogP contribution in [0.5, 0.6) is 0 Å². The van der Waals surface area contributed by atoms with E-state index in [1.54, 1.807) is 38.2 Å². The number of nitrogens with zero attached hydrogens (tertiary/aromatic N) is 1. The number of halogens is 1. The Balaban J connectivity index is 2.19. The van der Waals surface area contributed by atoms with Crippen LogP contribution in [0, 0.1) is 13.8 Å². The molecule has 120 valence electrons. The van der Waals surface area contributed by atoms with Gasteiger partial charge in [0.25, 0.3) is 5.91 Å². The van der Waals surface area contributed by atoms with E-state index in [0.717, 1.165) is 11.1 Å². The Morgan fingerprint density at radius 3 is 2.09 bits per heavy atom. The lowest BCUT2D eigenvalue weighted by atomic mass is 9.99. The average Bonchev–Trinajstić information content (AvgIpc) is 2.55. The van der Waals surface area contributed by atoms with Gasteiger partial charge in [0.15, 0.2) is 5.78 Å². The lowest BCUT2D eigenvalue weighted by Crippen LogP contribution is -2.40. The molecule has 0 spiro atoms. The smallest absolute Gasteiger partial charge is 0.254 e. The monoisotopic (exact) mass is 329 g/mol. The normalized spacial score (nSPS) is 11.9. The molecule has 1 atom stereocenters. The van der Waals surface area contributed by atoms with E-state index in [1.807, 2.05) is 32.0 Å². The molecule has 0 heterocycles. The Morgan fingerprint density at radius 1 is 0.957 bits per heavy atom. The Bertz CT molecular complexity index is 738. The summed E-state index contributed by atoms with van der Waals surface area (Å²) in [6.45, 7) is 5.72. The van der Waals surface area contributed by atoms with Crippen LogP contribution in [0.25, 0.3) is 0 Å². The molecule has 0 N–H and O–H groups in total. The zero-order valence-corrected chi connectivity index (χ0v) is 14.5. The van der Waals surface area contributed by atoms with E-state index in [-0.39, 0.29) is 11.7 Å². The minimum absolute atomic E-state index is 0.0714. The van der Waals surface area contributed by atoms with Gasteiger partial charge in [0.1, 0.15) is 0 Å². The topological polar surface area (TPSA) is 37.4 Å². The van der Waals surface area contributed by atoms with Crippen molar-refractivity contribution in [2.24, 2.45) is 0 Å². The summed E-state index contributed by atoms with van der Waals surface area (Å²) in [5.41, 5.74) is 3.34. The van der Waals surface area contributed by atoms with E-state index in [4.69, 9.17) is 11.6 Å². The second kappa shape index (κ2) is 6.97. The van der Waals surface area contributed by atoms with E-state index in [2.05, 4.69) is 0 Å². The van der Waals surface area contributed by atoms with Crippen molar-refractivity contribution in [2.45, 2.75) is 26.8 Å². The van der Waals surface area contributed by atoms with Gasteiger partial charge in [-0.1, -0.05) is 23.7 Å². The molecule has 0 aliphatic carbocycles. The first-order valence-electron chi connectivity index (χ1n) is 7.45. The zero-order valence-electron chi connectivity index (χ0n) is 13.8. The molecule has 4 heteroatoms. The first kappa shape index (κ1) is 17.2. The van der Waals surface area contributed by atoms with E-state index < -0.39 is 6.04 Å². The molecule has 0 saturated heterocycles. The van der Waals surface area contributed by atoms with Gasteiger partial charge >= 0.3 is 0 Å². The molecular formula is C19H20ClNO2. The van der Waals surface area contributed by atoms with Crippen molar-refractivity contribution in [1.29, 1.82) is 0 Å². The van der Waals surface area contributed by atoms with Crippen molar-refractivity contribution in [2.75, 3.05) is 7.05 Å². The molecule has 2 rings (SSSR count). The molecule has 0 saturated carbocycles. The summed E-state index contributed by atoms with van der Waals surface area (Å²) in [5, 5.41) is 0.573. The molecule has 1 amide bonds. The van der Waals surface area contributed by atoms with Crippen molar-refractivity contribution in [3.05, 3.63) is 69.7 Å². The highest BCUT2D eigenvalue weighted by Crippen LogP contribution is 2.16. The molecule has 3 nitrogen and oxygen atoms in total. The predicted octanol–water partition coefficient (Wildman–Crippen LogP) is 4.30. The summed E-state index contributed by atoms with van der Waals surface area (Å²) in [6, 6.07) is 11.7. The van der Waals surface area contributed by atoms with Crippen LogP contribution < -0.4 is 0 Å². The number of rotatable bonds is 4. The SMILES string of the molecule is Cc1ccc(C(=O)C(C)N(C)C(=O)c2ccc(Cl)cc2)cc1C. The summed E-state index contributed by atoms with van der Waals surface area (Å²) in [7, 11) is 1.64. The molecule has 23 heavy (non-hydrogen) atoms. The summed E-state index contributed by atoms with van der Waals surface area (Å²) < 4.78 is 0. The lowest BCUT2D eigenvalue weighted by Gasteiger charge is -2.24. The van der Waals surface area contributed by atoms with E-state index in [1.165, 1.54) is 4.90 Å². The molecule has 2 aromatic rings. The third-order valence-electron chi connectivity index (χ3n) is 4.16. The van der Waals surface area contributed by atoms with Gasteiger partial charge in [-0.05, 0) is 62.2 Å². The Kier molecular flexibility index (Phi) is 5.22. The molecule has 2 aromatic carbocycles. The van der Waals surface area contributed by atoms with Crippen molar-refractivity contribution in [3.8, 4) is 0 Å². The molecule has 0 radical (unpaired) electrons. The highest BCUT2D eigenvalue weighted by atomic mass is 35.5. The number of ketones is 1. The highest BCUT2D eigenvalue weighted by Gasteiger charge is 2.24. The fourth-order valence-corrected chi connectivity index (χ4v) is 2.41. The number of carbonyl (C=O) groups excluding carboxylic acids is 2. The number of hydrogen-bond donors (Lipinski definition) is 0. The van der Waals surface area contributed by atoms with Crippen LogP contribution >= 0.6 is 11.6 Å². The number of hydrogen-bond acceptors (Lipinski definition) is 2. The maximum atomic E-state index is 12.6. The van der Waals surface area contributed by atoms with Crippen LogP contribution in [0.1, 0.15) is 38.8 Å². The molecule has 0 fully saturated rings. The maximum absolute atomic E-state index is 12.6. The molecule has 0 aliphatic rings. The summed E-state index contributed by atoms with van der Waals surface area (Å²) in [4.78, 5) is 26.6. The summed E-state index contributed by atoms with van der Waals surface area (Å²) in [6.07, 6.45) is 0. The maximum Gasteiger partial charge on any atom is 0.254 e. The van der Waals surface area contributed by atoms with Gasteiger partial charge in [-0.25, -0.2) is 0 Å². The third-order valence-corrected chi connectivity index (χ3v) is 4.42. The number of amides is 1. The number of Topliss-reactive ketones (excluding diaryl/α,β-unsaturated/α-hetero) is 1. The van der Waals surface area contributed by atoms with Gasteiger partial charge in [-0.15, -0.1) is 0 Å². The van der Waals surface area contributed by atoms with Gasteiger partial charge in [-0.2, -0.15) is 0 Å². The Hall–Kier alpha value is -2.13. The Morgan fingerprint density at radius 2 is 1.52 bits per heavy atom. The van der Waals surface area contributed by atoms with E-state index in [9.17, 15) is 9.59 Å². The lowest BCUT2D eigenvalue weighted by molar-refractivity contribution is 0.0675. The van der Waals surface area contributed by atoms with Crippen molar-refractivity contribution in [3.63, 3.8) is 0 Å². The summed E-state index contributed by atoms with van der Waals surface area (Å²) in [5.74, 6) is -0.274. The van der Waals surface area contributed by atoms with Crippen LogP contribution in [-0.2, 0) is 0 Å². The molecule has 0 aromatic heterocycles. The number of aryl methyl sites for hydroxylation is 2. The second-order valence-corrected chi connectivity index (χ2v) is 6.20. The van der Waals surface area contributed by atoms with Gasteiger partial charge in [0.05, 0.1) is 6.04 Å². The first-order chi connectivity index (χ1) is 10.8. The average molecular weight is 330 g/mol. The molecule has 0 aliphatic heterocycles. The standard InChI is InChI=1S/C19H20ClNO2/c1-12-5-6-16(11-13(12)2)18(22)14(3)21(4)19(23)15-7-9-17(20)10-8-15/h5-11,14H,1-4H3. The Labute approximate surface area is 141 Å². The highest BCUT2D eigenvalue weighted by molar-refractivity contribution is 6.30. The van der Waals surface area contributed by atoms with Gasteiger partial charge in [0.2, 0.25) is 0 Å². The minimum Gasteiger partial charge on any atom is -0.332 e. The number of benzene rings is 2. The van der Waals surface area contributed by atoms with Gasteiger partial charge in [0, 0.05) is 23.2 Å².